The number of benzene rings is 5. The zero-order chi connectivity index (χ0) is 28.2. The first kappa shape index (κ1) is 28.2. The molecule has 0 aliphatic rings. The Labute approximate surface area is 234 Å². The minimum Gasteiger partial charge on any atom is -0.481 e. The Morgan fingerprint density at radius 2 is 1.12 bits per heavy atom. The summed E-state index contributed by atoms with van der Waals surface area (Å²) in [4.78, 5) is 34.2. The van der Waals surface area contributed by atoms with Crippen LogP contribution in [0, 0.1) is 0 Å². The number of rotatable bonds is 9. The van der Waals surface area contributed by atoms with Crippen LogP contribution in [0.15, 0.2) is 115 Å². The van der Waals surface area contributed by atoms with Gasteiger partial charge >= 0.3 is 17.9 Å². The van der Waals surface area contributed by atoms with Crippen LogP contribution in [0.25, 0.3) is 21.5 Å². The number of esters is 2. The van der Waals surface area contributed by atoms with Crippen LogP contribution in [0.5, 0.6) is 0 Å². The van der Waals surface area contributed by atoms with Crippen molar-refractivity contribution in [3.05, 3.63) is 132 Å². The molecule has 5 rings (SSSR count). The lowest BCUT2D eigenvalue weighted by Gasteiger charge is -2.06. The van der Waals surface area contributed by atoms with Gasteiger partial charge in [-0.3, -0.25) is 14.4 Å². The fourth-order valence-electron chi connectivity index (χ4n) is 4.51. The molecular formula is C35H32O5. The van der Waals surface area contributed by atoms with Crippen molar-refractivity contribution in [3.63, 3.8) is 0 Å². The van der Waals surface area contributed by atoms with Crippen LogP contribution in [-0.2, 0) is 38.4 Å². The van der Waals surface area contributed by atoms with Crippen molar-refractivity contribution in [1.29, 1.82) is 0 Å². The monoisotopic (exact) mass is 532 g/mol. The van der Waals surface area contributed by atoms with Crippen LogP contribution >= 0.6 is 0 Å². The van der Waals surface area contributed by atoms with Gasteiger partial charge in [-0.2, -0.15) is 0 Å². The summed E-state index contributed by atoms with van der Waals surface area (Å²) in [6.45, 7) is 0. The molecule has 0 bridgehead atoms. The van der Waals surface area contributed by atoms with Gasteiger partial charge in [-0.05, 0) is 57.5 Å². The van der Waals surface area contributed by atoms with Gasteiger partial charge < -0.3 is 9.84 Å². The second-order valence-corrected chi connectivity index (χ2v) is 9.55. The lowest BCUT2D eigenvalue weighted by Crippen LogP contribution is -2.13. The van der Waals surface area contributed by atoms with Gasteiger partial charge in [0.2, 0.25) is 0 Å². The molecule has 0 atom stereocenters. The summed E-state index contributed by atoms with van der Waals surface area (Å²) in [6.07, 6.45) is 2.34. The number of hydrogen-bond donors (Lipinski definition) is 1. The maximum atomic E-state index is 11.9. The molecule has 5 aromatic rings. The van der Waals surface area contributed by atoms with E-state index in [1.165, 1.54) is 10.8 Å². The van der Waals surface area contributed by atoms with Crippen LogP contribution in [0.1, 0.15) is 36.0 Å². The number of fused-ring (bicyclic) bond motifs is 2. The molecule has 1 N–H and O–H groups in total. The molecule has 0 heterocycles. The van der Waals surface area contributed by atoms with Gasteiger partial charge in [0, 0.05) is 6.42 Å². The van der Waals surface area contributed by atoms with Gasteiger partial charge in [0.15, 0.2) is 0 Å². The fourth-order valence-corrected chi connectivity index (χ4v) is 4.51. The first-order valence-electron chi connectivity index (χ1n) is 13.4. The number of carbonyl (C=O) groups is 3. The molecule has 0 saturated heterocycles. The molecule has 202 valence electrons. The van der Waals surface area contributed by atoms with Gasteiger partial charge in [-0.1, -0.05) is 115 Å². The lowest BCUT2D eigenvalue weighted by atomic mass is 10.0. The van der Waals surface area contributed by atoms with E-state index in [1.54, 1.807) is 0 Å². The van der Waals surface area contributed by atoms with E-state index in [0.717, 1.165) is 27.5 Å². The smallest absolute Gasteiger partial charge is 0.313 e. The fraction of sp³-hybridized carbons (Fsp3) is 0.171. The highest BCUT2D eigenvalue weighted by atomic mass is 16.6. The minimum atomic E-state index is -0.747. The third-order valence-electron chi connectivity index (χ3n) is 6.61. The number of carboxylic acids is 1. The standard InChI is InChI=1S/C22H20O3.C13H12O2/c23-21(15-13-17-7-2-1-3-8-17)25-22(24)16-14-19-11-6-10-18-9-4-5-12-20(18)19;14-13(15)8-6-10-5-7-11-3-1-2-4-12(11)9-10/h1-12H,13-16H2;1-5,7,9H,6,8H2,(H,14,15). The van der Waals surface area contributed by atoms with Crippen molar-refractivity contribution >= 4 is 39.5 Å². The molecule has 40 heavy (non-hydrogen) atoms. The van der Waals surface area contributed by atoms with Gasteiger partial charge in [0.25, 0.3) is 0 Å². The quantitative estimate of drug-likeness (QED) is 0.159. The predicted molar refractivity (Wildman–Crippen MR) is 158 cm³/mol. The summed E-state index contributed by atoms with van der Waals surface area (Å²) in [7, 11) is 0. The second-order valence-electron chi connectivity index (χ2n) is 9.55. The highest BCUT2D eigenvalue weighted by Gasteiger charge is 2.12. The Morgan fingerprint density at radius 1 is 0.525 bits per heavy atom. The molecule has 0 aliphatic heterocycles. The van der Waals surface area contributed by atoms with Crippen molar-refractivity contribution in [2.45, 2.75) is 38.5 Å². The normalized spacial score (nSPS) is 10.5. The molecular weight excluding hydrogens is 500 g/mol. The van der Waals surface area contributed by atoms with Crippen molar-refractivity contribution in [2.75, 3.05) is 0 Å². The van der Waals surface area contributed by atoms with Crippen molar-refractivity contribution in [2.24, 2.45) is 0 Å². The van der Waals surface area contributed by atoms with Gasteiger partial charge in [-0.25, -0.2) is 0 Å². The van der Waals surface area contributed by atoms with Gasteiger partial charge in [0.1, 0.15) is 0 Å². The van der Waals surface area contributed by atoms with E-state index in [1.807, 2.05) is 103 Å². The van der Waals surface area contributed by atoms with Crippen LogP contribution < -0.4 is 0 Å². The molecule has 5 heteroatoms. The molecule has 0 aliphatic carbocycles. The third-order valence-corrected chi connectivity index (χ3v) is 6.61. The first-order valence-corrected chi connectivity index (χ1v) is 13.4. The van der Waals surface area contributed by atoms with Gasteiger partial charge in [-0.15, -0.1) is 0 Å². The number of carbonyl (C=O) groups excluding carboxylic acids is 2. The Morgan fingerprint density at radius 3 is 1.88 bits per heavy atom. The number of aliphatic carboxylic acids is 1. The van der Waals surface area contributed by atoms with E-state index < -0.39 is 17.9 Å². The molecule has 0 fully saturated rings. The van der Waals surface area contributed by atoms with Crippen molar-refractivity contribution < 1.29 is 24.2 Å². The maximum absolute atomic E-state index is 11.9. The van der Waals surface area contributed by atoms with Crippen LogP contribution in [0.3, 0.4) is 0 Å². The van der Waals surface area contributed by atoms with E-state index in [9.17, 15) is 14.4 Å². The Balaban J connectivity index is 0.000000210. The summed E-state index contributed by atoms with van der Waals surface area (Å²) in [5.74, 6) is -1.68. The maximum Gasteiger partial charge on any atom is 0.313 e. The molecule has 5 aromatic carbocycles. The number of carboxylic acid groups (broad SMARTS) is 1. The summed E-state index contributed by atoms with van der Waals surface area (Å²) in [5.41, 5.74) is 3.23. The summed E-state index contributed by atoms with van der Waals surface area (Å²) in [5, 5.41) is 13.2. The highest BCUT2D eigenvalue weighted by molar-refractivity contribution is 5.88. The molecule has 0 spiro atoms. The average Bonchev–Trinajstić information content (AvgIpc) is 2.98. The Hall–Kier alpha value is -4.77. The Kier molecular flexibility index (Phi) is 10.2. The Bertz CT molecular complexity index is 1580. The largest absolute Gasteiger partial charge is 0.481 e. The van der Waals surface area contributed by atoms with E-state index in [2.05, 4.69) is 12.1 Å². The molecule has 0 amide bonds. The molecule has 0 radical (unpaired) electrons. The highest BCUT2D eigenvalue weighted by Crippen LogP contribution is 2.20. The summed E-state index contributed by atoms with van der Waals surface area (Å²) < 4.78 is 4.93. The van der Waals surface area contributed by atoms with Crippen LogP contribution in [-0.4, -0.2) is 23.0 Å². The van der Waals surface area contributed by atoms with E-state index in [0.29, 0.717) is 19.3 Å². The van der Waals surface area contributed by atoms with Crippen LogP contribution in [0.2, 0.25) is 0 Å². The average molecular weight is 533 g/mol. The van der Waals surface area contributed by atoms with Crippen molar-refractivity contribution in [1.82, 2.24) is 0 Å². The lowest BCUT2D eigenvalue weighted by molar-refractivity contribution is -0.159. The molecule has 0 saturated carbocycles. The summed E-state index contributed by atoms with van der Waals surface area (Å²) in [6, 6.07) is 37.9. The molecule has 0 unspecified atom stereocenters. The SMILES string of the molecule is O=C(CCc1ccccc1)OC(=O)CCc1cccc2ccccc12.O=C(O)CCc1ccc2ccccc2c1. The van der Waals surface area contributed by atoms with Gasteiger partial charge in [0.05, 0.1) is 12.8 Å². The van der Waals surface area contributed by atoms with Crippen LogP contribution in [0.4, 0.5) is 0 Å². The third kappa shape index (κ3) is 8.63. The number of aryl methyl sites for hydroxylation is 3. The molecule has 0 aromatic heterocycles. The zero-order valence-corrected chi connectivity index (χ0v) is 22.3. The van der Waals surface area contributed by atoms with E-state index in [4.69, 9.17) is 9.84 Å². The second kappa shape index (κ2) is 14.4. The topological polar surface area (TPSA) is 80.7 Å². The van der Waals surface area contributed by atoms with E-state index in [-0.39, 0.29) is 19.3 Å². The zero-order valence-electron chi connectivity index (χ0n) is 22.3. The first-order chi connectivity index (χ1) is 19.5. The minimum absolute atomic E-state index is 0.193. The number of ether oxygens (including phenoxy) is 1. The molecule has 5 nitrogen and oxygen atoms in total. The predicted octanol–water partition coefficient (Wildman–Crippen LogP) is 7.33. The number of hydrogen-bond acceptors (Lipinski definition) is 4. The van der Waals surface area contributed by atoms with E-state index >= 15 is 0 Å². The van der Waals surface area contributed by atoms with Crippen molar-refractivity contribution in [3.8, 4) is 0 Å². The summed E-state index contributed by atoms with van der Waals surface area (Å²) >= 11 is 0.